The molecule has 0 aliphatic heterocycles. The third kappa shape index (κ3) is 8.54. The number of carbonyl (C=O) groups is 2. The fourth-order valence-electron chi connectivity index (χ4n) is 4.93. The number of amides is 2. The first kappa shape index (κ1) is 32.9. The third-order valence-corrected chi connectivity index (χ3v) is 8.88. The molecule has 0 saturated carbocycles. The average Bonchev–Trinajstić information content (AvgIpc) is 3.02. The first-order valence-electron chi connectivity index (χ1n) is 14.5. The molecule has 4 aromatic rings. The number of rotatable bonds is 13. The lowest BCUT2D eigenvalue weighted by Crippen LogP contribution is -2.54. The van der Waals surface area contributed by atoms with Gasteiger partial charge in [0.25, 0.3) is 15.7 Å². The summed E-state index contributed by atoms with van der Waals surface area (Å²) in [5, 5.41) is 14.2. The number of nitro groups is 1. The van der Waals surface area contributed by atoms with Gasteiger partial charge >= 0.3 is 0 Å². The molecule has 0 aromatic heterocycles. The number of nitro benzene ring substituents is 1. The summed E-state index contributed by atoms with van der Waals surface area (Å²) in [6.45, 7) is 4.97. The number of benzene rings is 4. The van der Waals surface area contributed by atoms with E-state index in [2.05, 4.69) is 5.32 Å². The number of carbonyl (C=O) groups excluding carboxylic acids is 2. The number of hydrogen-bond acceptors (Lipinski definition) is 6. The largest absolute Gasteiger partial charge is 0.352 e. The van der Waals surface area contributed by atoms with Gasteiger partial charge in [0.2, 0.25) is 11.8 Å². The van der Waals surface area contributed by atoms with Crippen LogP contribution in [0.2, 0.25) is 0 Å². The van der Waals surface area contributed by atoms with E-state index in [9.17, 15) is 28.1 Å². The fraction of sp³-hybridized carbons (Fsp3) is 0.235. The molecule has 0 spiro atoms. The Kier molecular flexibility index (Phi) is 10.7. The number of nitrogens with one attached hydrogen (secondary N) is 1. The predicted octanol–water partition coefficient (Wildman–Crippen LogP) is 5.26. The summed E-state index contributed by atoms with van der Waals surface area (Å²) in [5.41, 5.74) is 2.40. The standard InChI is InChI=1S/C34H36N4O6S/c1-25(2)35-34(40)32(22-27-12-6-4-7-13-27)36(23-28-14-10-11-26(3)21-28)33(39)24-37(29-17-19-30(20-18-29)38(41)42)45(43,44)31-15-8-5-9-16-31/h4-21,25,32H,22-24H2,1-3H3,(H,35,40)/t32-/m1/s1. The lowest BCUT2D eigenvalue weighted by atomic mass is 10.0. The Hall–Kier alpha value is -5.03. The maximum Gasteiger partial charge on any atom is 0.269 e. The van der Waals surface area contributed by atoms with Crippen LogP contribution in [-0.2, 0) is 32.6 Å². The van der Waals surface area contributed by atoms with E-state index >= 15 is 0 Å². The molecule has 0 bridgehead atoms. The van der Waals surface area contributed by atoms with Gasteiger partial charge in [0.05, 0.1) is 15.5 Å². The number of non-ortho nitro benzene ring substituents is 1. The monoisotopic (exact) mass is 628 g/mol. The van der Waals surface area contributed by atoms with Crippen molar-refractivity contribution in [1.29, 1.82) is 0 Å². The number of hydrogen-bond donors (Lipinski definition) is 1. The smallest absolute Gasteiger partial charge is 0.269 e. The van der Waals surface area contributed by atoms with Gasteiger partial charge in [-0.25, -0.2) is 8.42 Å². The molecule has 45 heavy (non-hydrogen) atoms. The Morgan fingerprint density at radius 3 is 2.02 bits per heavy atom. The minimum absolute atomic E-state index is 0.0447. The van der Waals surface area contributed by atoms with Crippen LogP contribution in [0.1, 0.15) is 30.5 Å². The normalized spacial score (nSPS) is 11.9. The van der Waals surface area contributed by atoms with Crippen molar-refractivity contribution in [3.8, 4) is 0 Å². The summed E-state index contributed by atoms with van der Waals surface area (Å²) < 4.78 is 28.9. The van der Waals surface area contributed by atoms with Gasteiger partial charge in [-0.2, -0.15) is 0 Å². The number of sulfonamides is 1. The second kappa shape index (κ2) is 14.6. The van der Waals surface area contributed by atoms with Gasteiger partial charge in [0.15, 0.2) is 0 Å². The van der Waals surface area contributed by atoms with Crippen molar-refractivity contribution < 1.29 is 22.9 Å². The number of nitrogens with zero attached hydrogens (tertiary/aromatic N) is 3. The molecule has 2 amide bonds. The molecule has 1 N–H and O–H groups in total. The second-order valence-corrected chi connectivity index (χ2v) is 12.8. The minimum Gasteiger partial charge on any atom is -0.352 e. The molecule has 0 aliphatic rings. The quantitative estimate of drug-likeness (QED) is 0.159. The van der Waals surface area contributed by atoms with Crippen LogP contribution < -0.4 is 9.62 Å². The van der Waals surface area contributed by atoms with E-state index < -0.39 is 33.4 Å². The van der Waals surface area contributed by atoms with Gasteiger partial charge in [-0.3, -0.25) is 24.0 Å². The highest BCUT2D eigenvalue weighted by Gasteiger charge is 2.35. The van der Waals surface area contributed by atoms with Crippen molar-refractivity contribution in [3.63, 3.8) is 0 Å². The van der Waals surface area contributed by atoms with Crippen LogP contribution in [0.4, 0.5) is 11.4 Å². The van der Waals surface area contributed by atoms with E-state index in [4.69, 9.17) is 0 Å². The molecule has 11 heteroatoms. The van der Waals surface area contributed by atoms with E-state index in [1.807, 2.05) is 75.4 Å². The van der Waals surface area contributed by atoms with Gasteiger partial charge in [-0.15, -0.1) is 0 Å². The highest BCUT2D eigenvalue weighted by Crippen LogP contribution is 2.27. The Morgan fingerprint density at radius 2 is 1.44 bits per heavy atom. The van der Waals surface area contributed by atoms with E-state index in [1.54, 1.807) is 18.2 Å². The van der Waals surface area contributed by atoms with Crippen molar-refractivity contribution in [2.24, 2.45) is 0 Å². The lowest BCUT2D eigenvalue weighted by Gasteiger charge is -2.34. The van der Waals surface area contributed by atoms with Crippen molar-refractivity contribution >= 4 is 33.2 Å². The average molecular weight is 629 g/mol. The van der Waals surface area contributed by atoms with Crippen molar-refractivity contribution in [2.45, 2.75) is 50.7 Å². The third-order valence-electron chi connectivity index (χ3n) is 7.10. The van der Waals surface area contributed by atoms with Gasteiger partial charge in [0, 0.05) is 31.1 Å². The van der Waals surface area contributed by atoms with E-state index in [1.165, 1.54) is 41.3 Å². The van der Waals surface area contributed by atoms with Crippen molar-refractivity contribution in [2.75, 3.05) is 10.8 Å². The summed E-state index contributed by atoms with van der Waals surface area (Å²) in [6.07, 6.45) is 0.194. The maximum atomic E-state index is 14.4. The molecular formula is C34H36N4O6S. The van der Waals surface area contributed by atoms with Gasteiger partial charge in [-0.05, 0) is 56.2 Å². The Morgan fingerprint density at radius 1 is 0.844 bits per heavy atom. The molecule has 234 valence electrons. The summed E-state index contributed by atoms with van der Waals surface area (Å²) >= 11 is 0. The molecule has 0 heterocycles. The minimum atomic E-state index is -4.30. The van der Waals surface area contributed by atoms with Gasteiger partial charge in [-0.1, -0.05) is 78.4 Å². The van der Waals surface area contributed by atoms with Gasteiger partial charge < -0.3 is 10.2 Å². The van der Waals surface area contributed by atoms with Crippen LogP contribution in [0.5, 0.6) is 0 Å². The molecule has 0 unspecified atom stereocenters. The summed E-state index contributed by atoms with van der Waals surface area (Å²) in [4.78, 5) is 40.2. The van der Waals surface area contributed by atoms with Crippen LogP contribution in [0.3, 0.4) is 0 Å². The van der Waals surface area contributed by atoms with Crippen molar-refractivity contribution in [1.82, 2.24) is 10.2 Å². The molecule has 0 radical (unpaired) electrons. The Labute approximate surface area is 263 Å². The molecule has 0 fully saturated rings. The Bertz CT molecular complexity index is 1730. The van der Waals surface area contributed by atoms with E-state index in [0.717, 1.165) is 21.0 Å². The lowest BCUT2D eigenvalue weighted by molar-refractivity contribution is -0.384. The molecular weight excluding hydrogens is 592 g/mol. The molecule has 0 aliphatic carbocycles. The SMILES string of the molecule is Cc1cccc(CN(C(=O)CN(c2ccc([N+](=O)[O-])cc2)S(=O)(=O)c2ccccc2)[C@H](Cc2ccccc2)C(=O)NC(C)C)c1. The molecule has 4 rings (SSSR count). The maximum absolute atomic E-state index is 14.4. The second-order valence-electron chi connectivity index (χ2n) is 11.0. The molecule has 1 atom stereocenters. The van der Waals surface area contributed by atoms with E-state index in [-0.39, 0.29) is 41.2 Å². The Balaban J connectivity index is 1.81. The van der Waals surface area contributed by atoms with Crippen LogP contribution in [0.15, 0.2) is 114 Å². The van der Waals surface area contributed by atoms with Crippen LogP contribution in [0, 0.1) is 17.0 Å². The topological polar surface area (TPSA) is 130 Å². The number of aryl methyl sites for hydroxylation is 1. The zero-order valence-corrected chi connectivity index (χ0v) is 26.2. The van der Waals surface area contributed by atoms with Crippen LogP contribution in [0.25, 0.3) is 0 Å². The van der Waals surface area contributed by atoms with Crippen LogP contribution in [-0.4, -0.2) is 48.7 Å². The summed E-state index contributed by atoms with van der Waals surface area (Å²) in [6, 6.07) is 28.3. The van der Waals surface area contributed by atoms with Gasteiger partial charge in [0.1, 0.15) is 12.6 Å². The molecule has 10 nitrogen and oxygen atoms in total. The zero-order valence-electron chi connectivity index (χ0n) is 25.4. The fourth-order valence-corrected chi connectivity index (χ4v) is 6.37. The summed E-state index contributed by atoms with van der Waals surface area (Å²) in [7, 11) is -4.30. The first-order valence-corrected chi connectivity index (χ1v) is 15.9. The highest BCUT2D eigenvalue weighted by molar-refractivity contribution is 7.92. The molecule has 0 saturated heterocycles. The van der Waals surface area contributed by atoms with Crippen molar-refractivity contribution in [3.05, 3.63) is 136 Å². The first-order chi connectivity index (χ1) is 21.5. The zero-order chi connectivity index (χ0) is 32.6. The van der Waals surface area contributed by atoms with E-state index in [0.29, 0.717) is 0 Å². The predicted molar refractivity (Wildman–Crippen MR) is 173 cm³/mol. The van der Waals surface area contributed by atoms with Crippen LogP contribution >= 0.6 is 0 Å². The highest BCUT2D eigenvalue weighted by atomic mass is 32.2. The summed E-state index contributed by atoms with van der Waals surface area (Å²) in [5.74, 6) is -0.989. The number of anilines is 1. The molecule has 4 aromatic carbocycles.